The number of pyridine rings is 1. The van der Waals surface area contributed by atoms with E-state index in [9.17, 15) is 10.1 Å². The number of aromatic nitrogens is 1. The second-order valence-electron chi connectivity index (χ2n) is 3.63. The summed E-state index contributed by atoms with van der Waals surface area (Å²) in [5.74, 6) is 0.102. The van der Waals surface area contributed by atoms with Crippen LogP contribution in [0.2, 0.25) is 0 Å². The predicted molar refractivity (Wildman–Crippen MR) is 57.7 cm³/mol. The fraction of sp³-hybridized carbons (Fsp3) is 0.500. The Bertz CT molecular complexity index is 420. The molecule has 16 heavy (non-hydrogen) atoms. The number of hydrogen-bond acceptors (Lipinski definition) is 5. The van der Waals surface area contributed by atoms with Gasteiger partial charge in [0.15, 0.2) is 0 Å². The van der Waals surface area contributed by atoms with Gasteiger partial charge < -0.3 is 10.1 Å². The summed E-state index contributed by atoms with van der Waals surface area (Å²) in [4.78, 5) is 14.6. The molecule has 86 valence electrons. The van der Waals surface area contributed by atoms with E-state index in [-0.39, 0.29) is 11.6 Å². The van der Waals surface area contributed by atoms with Crippen LogP contribution in [0.4, 0.5) is 5.69 Å². The van der Waals surface area contributed by atoms with Crippen LogP contribution in [0.3, 0.4) is 0 Å². The van der Waals surface area contributed by atoms with Gasteiger partial charge in [0.25, 0.3) is 5.88 Å². The molecule has 0 aromatic carbocycles. The molecule has 2 heterocycles. The van der Waals surface area contributed by atoms with Crippen molar-refractivity contribution in [1.82, 2.24) is 10.3 Å². The van der Waals surface area contributed by atoms with Crippen molar-refractivity contribution in [2.24, 2.45) is 0 Å². The zero-order chi connectivity index (χ0) is 11.5. The summed E-state index contributed by atoms with van der Waals surface area (Å²) in [7, 11) is 1.40. The Morgan fingerprint density at radius 3 is 2.94 bits per heavy atom. The number of rotatable bonds is 2. The fourth-order valence-corrected chi connectivity index (χ4v) is 1.83. The second kappa shape index (κ2) is 4.44. The first-order chi connectivity index (χ1) is 7.72. The summed E-state index contributed by atoms with van der Waals surface area (Å²) >= 11 is 0. The lowest BCUT2D eigenvalue weighted by Crippen LogP contribution is -2.16. The number of nitrogens with one attached hydrogen (secondary N) is 1. The molecule has 1 aliphatic rings. The van der Waals surface area contributed by atoms with Crippen LogP contribution in [0.25, 0.3) is 0 Å². The smallest absolute Gasteiger partial charge is 0.331 e. The Morgan fingerprint density at radius 1 is 1.50 bits per heavy atom. The molecule has 0 radical (unpaired) electrons. The van der Waals surface area contributed by atoms with Crippen LogP contribution in [0, 0.1) is 10.1 Å². The maximum atomic E-state index is 10.8. The Balaban J connectivity index is 2.48. The van der Waals surface area contributed by atoms with E-state index in [1.807, 2.05) is 0 Å². The van der Waals surface area contributed by atoms with E-state index < -0.39 is 4.92 Å². The third kappa shape index (κ3) is 1.96. The average molecular weight is 223 g/mol. The zero-order valence-corrected chi connectivity index (χ0v) is 9.02. The first kappa shape index (κ1) is 10.8. The maximum Gasteiger partial charge on any atom is 0.331 e. The van der Waals surface area contributed by atoms with Gasteiger partial charge in [-0.25, -0.2) is 4.98 Å². The van der Waals surface area contributed by atoms with E-state index in [0.717, 1.165) is 37.2 Å². The van der Waals surface area contributed by atoms with Gasteiger partial charge in [0.1, 0.15) is 0 Å². The molecule has 0 saturated heterocycles. The SMILES string of the molecule is COc1nc2c(cc1[N+](=O)[O-])CCNCC2. The summed E-state index contributed by atoms with van der Waals surface area (Å²) < 4.78 is 4.94. The molecular formula is C10H13N3O3. The highest BCUT2D eigenvalue weighted by atomic mass is 16.6. The Labute approximate surface area is 92.8 Å². The maximum absolute atomic E-state index is 10.8. The van der Waals surface area contributed by atoms with E-state index in [4.69, 9.17) is 4.74 Å². The van der Waals surface area contributed by atoms with Crippen LogP contribution in [0.1, 0.15) is 11.3 Å². The Hall–Kier alpha value is -1.69. The summed E-state index contributed by atoms with van der Waals surface area (Å²) in [5.41, 5.74) is 1.79. The number of nitrogens with zero attached hydrogens (tertiary/aromatic N) is 2. The van der Waals surface area contributed by atoms with Crippen LogP contribution in [-0.2, 0) is 12.8 Å². The first-order valence-corrected chi connectivity index (χ1v) is 5.14. The highest BCUT2D eigenvalue weighted by Crippen LogP contribution is 2.27. The van der Waals surface area contributed by atoms with Gasteiger partial charge in [0.2, 0.25) is 0 Å². The Kier molecular flexibility index (Phi) is 3.00. The number of nitro groups is 1. The largest absolute Gasteiger partial charge is 0.476 e. The summed E-state index contributed by atoms with van der Waals surface area (Å²) in [6.45, 7) is 1.68. The third-order valence-corrected chi connectivity index (χ3v) is 2.64. The molecule has 1 aliphatic heterocycles. The number of fused-ring (bicyclic) bond motifs is 1. The molecule has 6 nitrogen and oxygen atoms in total. The zero-order valence-electron chi connectivity index (χ0n) is 9.02. The second-order valence-corrected chi connectivity index (χ2v) is 3.63. The molecule has 0 bridgehead atoms. The normalized spacial score (nSPS) is 15.1. The van der Waals surface area contributed by atoms with Gasteiger partial charge in [0, 0.05) is 24.7 Å². The lowest BCUT2D eigenvalue weighted by Gasteiger charge is -2.07. The van der Waals surface area contributed by atoms with Gasteiger partial charge in [-0.3, -0.25) is 10.1 Å². The van der Waals surface area contributed by atoms with Crippen molar-refractivity contribution in [3.63, 3.8) is 0 Å². The number of hydrogen-bond donors (Lipinski definition) is 1. The van der Waals surface area contributed by atoms with Crippen molar-refractivity contribution in [2.45, 2.75) is 12.8 Å². The highest BCUT2D eigenvalue weighted by molar-refractivity contribution is 5.46. The lowest BCUT2D eigenvalue weighted by molar-refractivity contribution is -0.386. The molecule has 0 saturated carbocycles. The monoisotopic (exact) mass is 223 g/mol. The molecule has 1 aromatic heterocycles. The topological polar surface area (TPSA) is 77.3 Å². The number of ether oxygens (including phenoxy) is 1. The standard InChI is InChI=1S/C10H13N3O3/c1-16-10-9(13(14)15)6-7-2-4-11-5-3-8(7)12-10/h6,11H,2-5H2,1H3. The van der Waals surface area contributed by atoms with Gasteiger partial charge in [-0.15, -0.1) is 0 Å². The fourth-order valence-electron chi connectivity index (χ4n) is 1.83. The van der Waals surface area contributed by atoms with Crippen molar-refractivity contribution in [3.8, 4) is 5.88 Å². The van der Waals surface area contributed by atoms with Crippen molar-refractivity contribution in [2.75, 3.05) is 20.2 Å². The molecule has 0 amide bonds. The summed E-state index contributed by atoms with van der Waals surface area (Å²) in [6.07, 6.45) is 1.55. The molecule has 6 heteroatoms. The quantitative estimate of drug-likeness (QED) is 0.589. The predicted octanol–water partition coefficient (Wildman–Crippen LogP) is 0.687. The van der Waals surface area contributed by atoms with Crippen molar-refractivity contribution >= 4 is 5.69 Å². The van der Waals surface area contributed by atoms with Crippen LogP contribution in [0.15, 0.2) is 6.07 Å². The molecule has 0 spiro atoms. The van der Waals surface area contributed by atoms with E-state index in [1.54, 1.807) is 6.07 Å². The number of methoxy groups -OCH3 is 1. The van der Waals surface area contributed by atoms with E-state index >= 15 is 0 Å². The van der Waals surface area contributed by atoms with Crippen LogP contribution < -0.4 is 10.1 Å². The van der Waals surface area contributed by atoms with Crippen molar-refractivity contribution in [1.29, 1.82) is 0 Å². The van der Waals surface area contributed by atoms with E-state index in [0.29, 0.717) is 0 Å². The minimum absolute atomic E-state index is 0.0526. The van der Waals surface area contributed by atoms with Gasteiger partial charge in [0.05, 0.1) is 12.0 Å². The van der Waals surface area contributed by atoms with E-state index in [2.05, 4.69) is 10.3 Å². The summed E-state index contributed by atoms with van der Waals surface area (Å²) in [6, 6.07) is 1.58. The molecule has 0 atom stereocenters. The van der Waals surface area contributed by atoms with E-state index in [1.165, 1.54) is 7.11 Å². The minimum atomic E-state index is -0.454. The van der Waals surface area contributed by atoms with Crippen molar-refractivity contribution < 1.29 is 9.66 Å². The highest BCUT2D eigenvalue weighted by Gasteiger charge is 2.21. The average Bonchev–Trinajstić information content (AvgIpc) is 2.51. The van der Waals surface area contributed by atoms with Crippen LogP contribution >= 0.6 is 0 Å². The van der Waals surface area contributed by atoms with Gasteiger partial charge in [-0.1, -0.05) is 0 Å². The molecule has 2 rings (SSSR count). The molecule has 0 aliphatic carbocycles. The van der Waals surface area contributed by atoms with Crippen LogP contribution in [-0.4, -0.2) is 30.1 Å². The minimum Gasteiger partial charge on any atom is -0.476 e. The van der Waals surface area contributed by atoms with Crippen molar-refractivity contribution in [3.05, 3.63) is 27.4 Å². The molecular weight excluding hydrogens is 210 g/mol. The molecule has 0 fully saturated rings. The van der Waals surface area contributed by atoms with Gasteiger partial charge in [-0.2, -0.15) is 0 Å². The van der Waals surface area contributed by atoms with Gasteiger partial charge >= 0.3 is 5.69 Å². The molecule has 1 N–H and O–H groups in total. The first-order valence-electron chi connectivity index (χ1n) is 5.14. The molecule has 1 aromatic rings. The summed E-state index contributed by atoms with van der Waals surface area (Å²) in [5, 5.41) is 14.1. The van der Waals surface area contributed by atoms with Crippen LogP contribution in [0.5, 0.6) is 5.88 Å². The third-order valence-electron chi connectivity index (χ3n) is 2.64. The Morgan fingerprint density at radius 2 is 2.25 bits per heavy atom. The van der Waals surface area contributed by atoms with Gasteiger partial charge in [-0.05, 0) is 18.5 Å². The molecule has 0 unspecified atom stereocenters. The lowest BCUT2D eigenvalue weighted by atomic mass is 10.1.